The summed E-state index contributed by atoms with van der Waals surface area (Å²) in [5.74, 6) is 1.71. The van der Waals surface area contributed by atoms with Gasteiger partial charge in [-0.25, -0.2) is 0 Å². The van der Waals surface area contributed by atoms with Gasteiger partial charge in [0.2, 0.25) is 0 Å². The minimum Gasteiger partial charge on any atom is -0.497 e. The average molecular weight is 373 g/mol. The quantitative estimate of drug-likeness (QED) is 0.380. The molecule has 2 aromatic rings. The number of hydrogen-bond acceptors (Lipinski definition) is 4. The van der Waals surface area contributed by atoms with E-state index in [4.69, 9.17) is 9.73 Å². The van der Waals surface area contributed by atoms with E-state index in [-0.39, 0.29) is 6.04 Å². The van der Waals surface area contributed by atoms with E-state index >= 15 is 0 Å². The molecule has 148 valence electrons. The number of methoxy groups -OCH3 is 1. The second-order valence-electron chi connectivity index (χ2n) is 6.52. The lowest BCUT2D eigenvalue weighted by molar-refractivity contribution is 0.306. The van der Waals surface area contributed by atoms with Crippen LogP contribution < -0.4 is 15.4 Å². The Morgan fingerprint density at radius 2 is 2.04 bits per heavy atom. The maximum Gasteiger partial charge on any atom is 0.191 e. The molecule has 2 rings (SSSR count). The Morgan fingerprint density at radius 1 is 1.26 bits per heavy atom. The van der Waals surface area contributed by atoms with Gasteiger partial charge in [-0.3, -0.25) is 9.67 Å². The van der Waals surface area contributed by atoms with Crippen LogP contribution in [0.2, 0.25) is 0 Å². The van der Waals surface area contributed by atoms with E-state index in [1.54, 1.807) is 13.3 Å². The molecule has 1 unspecified atom stereocenters. The Hall–Kier alpha value is -2.54. The molecule has 0 radical (unpaired) electrons. The zero-order valence-electron chi connectivity index (χ0n) is 16.9. The molecule has 0 aliphatic carbocycles. The summed E-state index contributed by atoms with van der Waals surface area (Å²) in [7, 11) is 5.84. The van der Waals surface area contributed by atoms with Gasteiger partial charge in [0.25, 0.3) is 0 Å². The molecule has 2 N–H and O–H groups in total. The van der Waals surface area contributed by atoms with Crippen molar-refractivity contribution >= 4 is 5.96 Å². The molecule has 0 saturated heterocycles. The normalized spacial score (nSPS) is 12.9. The number of likely N-dealkylation sites (N-methyl/N-ethyl adjacent to an activating group) is 1. The zero-order valence-corrected chi connectivity index (χ0v) is 16.9. The van der Waals surface area contributed by atoms with E-state index < -0.39 is 0 Å². The van der Waals surface area contributed by atoms with E-state index in [0.717, 1.165) is 37.8 Å². The smallest absolute Gasteiger partial charge is 0.191 e. The number of aryl methyl sites for hydroxylation is 1. The second-order valence-corrected chi connectivity index (χ2v) is 6.52. The molecule has 1 aromatic carbocycles. The SMILES string of the molecule is CCNC(=NCC(c1ccc(OC)cc1)N(C)C)NCCCn1cccn1. The van der Waals surface area contributed by atoms with Crippen LogP contribution in [-0.4, -0.2) is 61.5 Å². The van der Waals surface area contributed by atoms with Crippen molar-refractivity contribution in [3.8, 4) is 5.75 Å². The van der Waals surface area contributed by atoms with Gasteiger partial charge >= 0.3 is 0 Å². The van der Waals surface area contributed by atoms with Gasteiger partial charge in [0.15, 0.2) is 5.96 Å². The molecule has 1 atom stereocenters. The molecule has 27 heavy (non-hydrogen) atoms. The summed E-state index contributed by atoms with van der Waals surface area (Å²) in [6.07, 6.45) is 4.77. The number of nitrogens with one attached hydrogen (secondary N) is 2. The van der Waals surface area contributed by atoms with Crippen molar-refractivity contribution in [2.24, 2.45) is 4.99 Å². The number of hydrogen-bond donors (Lipinski definition) is 2. The highest BCUT2D eigenvalue weighted by atomic mass is 16.5. The predicted molar refractivity (Wildman–Crippen MR) is 110 cm³/mol. The van der Waals surface area contributed by atoms with Crippen molar-refractivity contribution in [3.05, 3.63) is 48.3 Å². The molecule has 0 fully saturated rings. The minimum atomic E-state index is 0.204. The number of rotatable bonds is 10. The van der Waals surface area contributed by atoms with Crippen molar-refractivity contribution in [1.82, 2.24) is 25.3 Å². The number of nitrogens with zero attached hydrogens (tertiary/aromatic N) is 4. The zero-order chi connectivity index (χ0) is 19.5. The first-order valence-corrected chi connectivity index (χ1v) is 9.44. The predicted octanol–water partition coefficient (Wildman–Crippen LogP) is 2.14. The topological polar surface area (TPSA) is 66.7 Å². The molecule has 7 nitrogen and oxygen atoms in total. The van der Waals surface area contributed by atoms with Crippen LogP contribution in [0.4, 0.5) is 0 Å². The lowest BCUT2D eigenvalue weighted by Gasteiger charge is -2.24. The molecule has 0 saturated carbocycles. The Morgan fingerprint density at radius 3 is 2.63 bits per heavy atom. The van der Waals surface area contributed by atoms with Crippen molar-refractivity contribution in [3.63, 3.8) is 0 Å². The third-order valence-corrected chi connectivity index (χ3v) is 4.31. The van der Waals surface area contributed by atoms with E-state index in [1.165, 1.54) is 5.56 Å². The van der Waals surface area contributed by atoms with E-state index in [2.05, 4.69) is 53.8 Å². The fourth-order valence-corrected chi connectivity index (χ4v) is 2.79. The Balaban J connectivity index is 1.92. The third kappa shape index (κ3) is 6.94. The van der Waals surface area contributed by atoms with Crippen LogP contribution in [0, 0.1) is 0 Å². The number of aromatic nitrogens is 2. The fourth-order valence-electron chi connectivity index (χ4n) is 2.79. The first-order valence-electron chi connectivity index (χ1n) is 9.44. The molecule has 7 heteroatoms. The largest absolute Gasteiger partial charge is 0.497 e. The molecule has 0 amide bonds. The molecule has 0 bridgehead atoms. The highest BCUT2D eigenvalue weighted by Crippen LogP contribution is 2.21. The van der Waals surface area contributed by atoms with Crippen molar-refractivity contribution in [2.45, 2.75) is 25.9 Å². The molecule has 0 aliphatic heterocycles. The summed E-state index contributed by atoms with van der Waals surface area (Å²) in [4.78, 5) is 6.97. The van der Waals surface area contributed by atoms with Gasteiger partial charge in [-0.05, 0) is 51.2 Å². The van der Waals surface area contributed by atoms with Crippen LogP contribution in [0.3, 0.4) is 0 Å². The maximum absolute atomic E-state index is 5.25. The number of ether oxygens (including phenoxy) is 1. The van der Waals surface area contributed by atoms with Crippen LogP contribution in [0.25, 0.3) is 0 Å². The first-order chi connectivity index (χ1) is 13.1. The second kappa shape index (κ2) is 11.2. The van der Waals surface area contributed by atoms with Gasteiger partial charge in [0, 0.05) is 32.0 Å². The monoisotopic (exact) mass is 372 g/mol. The lowest BCUT2D eigenvalue weighted by atomic mass is 10.1. The summed E-state index contributed by atoms with van der Waals surface area (Å²) >= 11 is 0. The van der Waals surface area contributed by atoms with Crippen LogP contribution in [0.15, 0.2) is 47.7 Å². The fraction of sp³-hybridized carbons (Fsp3) is 0.500. The Labute approximate surface area is 162 Å². The highest BCUT2D eigenvalue weighted by molar-refractivity contribution is 5.79. The molecular weight excluding hydrogens is 340 g/mol. The molecule has 0 aliphatic rings. The lowest BCUT2D eigenvalue weighted by Crippen LogP contribution is -2.38. The van der Waals surface area contributed by atoms with Gasteiger partial charge in [0.1, 0.15) is 5.75 Å². The van der Waals surface area contributed by atoms with Gasteiger partial charge in [-0.1, -0.05) is 12.1 Å². The van der Waals surface area contributed by atoms with Crippen LogP contribution in [0.5, 0.6) is 5.75 Å². The number of guanidine groups is 1. The Kier molecular flexibility index (Phi) is 8.64. The minimum absolute atomic E-state index is 0.204. The van der Waals surface area contributed by atoms with Gasteiger partial charge in [0.05, 0.1) is 19.7 Å². The average Bonchev–Trinajstić information content (AvgIpc) is 3.19. The van der Waals surface area contributed by atoms with Gasteiger partial charge in [-0.15, -0.1) is 0 Å². The molecular formula is C20H32N6O. The van der Waals surface area contributed by atoms with Crippen LogP contribution >= 0.6 is 0 Å². The van der Waals surface area contributed by atoms with Crippen molar-refractivity contribution in [1.29, 1.82) is 0 Å². The van der Waals surface area contributed by atoms with E-state index in [9.17, 15) is 0 Å². The number of aliphatic imine (C=N–C) groups is 1. The van der Waals surface area contributed by atoms with Crippen molar-refractivity contribution in [2.75, 3.05) is 40.8 Å². The summed E-state index contributed by atoms with van der Waals surface area (Å²) < 4.78 is 7.20. The summed E-state index contributed by atoms with van der Waals surface area (Å²) in [6.45, 7) is 5.33. The third-order valence-electron chi connectivity index (χ3n) is 4.31. The maximum atomic E-state index is 5.25. The highest BCUT2D eigenvalue weighted by Gasteiger charge is 2.14. The molecule has 1 heterocycles. The Bertz CT molecular complexity index is 666. The first kappa shape index (κ1) is 20.8. The molecule has 0 spiro atoms. The summed E-state index contributed by atoms with van der Waals surface area (Å²) in [5.41, 5.74) is 1.22. The van der Waals surface area contributed by atoms with Gasteiger partial charge < -0.3 is 20.3 Å². The number of benzene rings is 1. The van der Waals surface area contributed by atoms with Crippen molar-refractivity contribution < 1.29 is 4.74 Å². The standard InChI is InChI=1S/C20H32N6O/c1-5-21-20(22-12-6-14-26-15-7-13-24-26)23-16-19(25(2)3)17-8-10-18(27-4)11-9-17/h7-11,13,15,19H,5-6,12,14,16H2,1-4H3,(H2,21,22,23). The summed E-state index contributed by atoms with van der Waals surface area (Å²) in [5, 5.41) is 10.9. The van der Waals surface area contributed by atoms with E-state index in [1.807, 2.05) is 29.1 Å². The van der Waals surface area contributed by atoms with Gasteiger partial charge in [-0.2, -0.15) is 5.10 Å². The summed E-state index contributed by atoms with van der Waals surface area (Å²) in [6, 6.07) is 10.3. The van der Waals surface area contributed by atoms with Crippen LogP contribution in [0.1, 0.15) is 24.9 Å². The van der Waals surface area contributed by atoms with Crippen LogP contribution in [-0.2, 0) is 6.54 Å². The molecule has 1 aromatic heterocycles. The van der Waals surface area contributed by atoms with E-state index in [0.29, 0.717) is 6.54 Å².